The Hall–Kier alpha value is -1.43. The zero-order valence-electron chi connectivity index (χ0n) is 10.2. The number of nitrogens with two attached hydrogens (primary N) is 2. The summed E-state index contributed by atoms with van der Waals surface area (Å²) < 4.78 is 29.3. The van der Waals surface area contributed by atoms with Gasteiger partial charge in [0.25, 0.3) is 10.1 Å². The zero-order valence-corrected chi connectivity index (χ0v) is 11.1. The molecule has 19 heavy (non-hydrogen) atoms. The minimum Gasteiger partial charge on any atom is -0.480 e. The number of guanidine groups is 1. The molecule has 0 unspecified atom stereocenters. The fourth-order valence-corrected chi connectivity index (χ4v) is 1.50. The van der Waals surface area contributed by atoms with Crippen molar-refractivity contribution >= 4 is 22.0 Å². The van der Waals surface area contributed by atoms with Gasteiger partial charge in [-0.2, -0.15) is 8.42 Å². The number of nitrogens with one attached hydrogen (secondary N) is 2. The van der Waals surface area contributed by atoms with Gasteiger partial charge in [-0.25, -0.2) is 5.43 Å². The predicted molar refractivity (Wildman–Crippen MR) is 68.9 cm³/mol. The second kappa shape index (κ2) is 8.63. The van der Waals surface area contributed by atoms with E-state index in [-0.39, 0.29) is 18.9 Å². The maximum absolute atomic E-state index is 10.9. The van der Waals surface area contributed by atoms with Crippen LogP contribution in [0.3, 0.4) is 0 Å². The average molecular weight is 297 g/mol. The van der Waals surface area contributed by atoms with Crippen LogP contribution in [-0.2, 0) is 14.9 Å². The number of rotatable bonds is 10. The van der Waals surface area contributed by atoms with Crippen LogP contribution in [0.4, 0.5) is 0 Å². The van der Waals surface area contributed by atoms with E-state index in [0.717, 1.165) is 0 Å². The first-order valence-corrected chi connectivity index (χ1v) is 7.05. The molecule has 0 aromatic carbocycles. The topological polar surface area (TPSA) is 180 Å². The molecule has 0 heterocycles. The minimum atomic E-state index is -4.07. The SMILES string of the molecule is NC(N)=NCCC[C@H](NNCCS(=O)(=O)O)C(=O)O. The summed E-state index contributed by atoms with van der Waals surface area (Å²) in [4.78, 5) is 14.6. The van der Waals surface area contributed by atoms with E-state index in [0.29, 0.717) is 13.0 Å². The van der Waals surface area contributed by atoms with Crippen LogP contribution in [0.1, 0.15) is 12.8 Å². The van der Waals surface area contributed by atoms with E-state index in [4.69, 9.17) is 21.1 Å². The number of carbonyl (C=O) groups is 1. The Balaban J connectivity index is 3.93. The Morgan fingerprint density at radius 3 is 2.47 bits per heavy atom. The van der Waals surface area contributed by atoms with Crippen molar-refractivity contribution in [3.05, 3.63) is 0 Å². The summed E-state index contributed by atoms with van der Waals surface area (Å²) in [6.45, 7) is 0.190. The highest BCUT2D eigenvalue weighted by Gasteiger charge is 2.16. The largest absolute Gasteiger partial charge is 0.480 e. The van der Waals surface area contributed by atoms with Gasteiger partial charge in [0.15, 0.2) is 5.96 Å². The van der Waals surface area contributed by atoms with Crippen molar-refractivity contribution in [2.75, 3.05) is 18.8 Å². The molecule has 1 atom stereocenters. The van der Waals surface area contributed by atoms with Crippen LogP contribution in [0.25, 0.3) is 0 Å². The Kier molecular flexibility index (Phi) is 7.98. The molecule has 0 aliphatic rings. The smallest absolute Gasteiger partial charge is 0.322 e. The van der Waals surface area contributed by atoms with Crippen LogP contribution in [-0.4, -0.2) is 54.9 Å². The van der Waals surface area contributed by atoms with Gasteiger partial charge < -0.3 is 16.6 Å². The highest BCUT2D eigenvalue weighted by molar-refractivity contribution is 7.85. The Morgan fingerprint density at radius 2 is 2.00 bits per heavy atom. The number of aliphatic carboxylic acids is 1. The normalized spacial score (nSPS) is 12.9. The third kappa shape index (κ3) is 11.4. The molecule has 0 rings (SSSR count). The molecule has 0 radical (unpaired) electrons. The lowest BCUT2D eigenvalue weighted by Crippen LogP contribution is -2.47. The molecular formula is C8H19N5O5S. The van der Waals surface area contributed by atoms with Crippen molar-refractivity contribution in [1.82, 2.24) is 10.9 Å². The quantitative estimate of drug-likeness (QED) is 0.0833. The van der Waals surface area contributed by atoms with Crippen LogP contribution in [0, 0.1) is 0 Å². The van der Waals surface area contributed by atoms with Gasteiger partial charge in [-0.05, 0) is 12.8 Å². The van der Waals surface area contributed by atoms with Crippen LogP contribution >= 0.6 is 0 Å². The summed E-state index contributed by atoms with van der Waals surface area (Å²) in [7, 11) is -4.07. The third-order valence-electron chi connectivity index (χ3n) is 2.00. The van der Waals surface area contributed by atoms with E-state index in [9.17, 15) is 13.2 Å². The van der Waals surface area contributed by atoms with Gasteiger partial charge in [-0.1, -0.05) is 0 Å². The number of hydrogen-bond donors (Lipinski definition) is 6. The van der Waals surface area contributed by atoms with Crippen molar-refractivity contribution in [3.63, 3.8) is 0 Å². The van der Waals surface area contributed by atoms with Gasteiger partial charge >= 0.3 is 5.97 Å². The number of aliphatic imine (C=N–C) groups is 1. The predicted octanol–water partition coefficient (Wildman–Crippen LogP) is -2.52. The van der Waals surface area contributed by atoms with E-state index in [1.165, 1.54) is 0 Å². The zero-order chi connectivity index (χ0) is 14.9. The first-order chi connectivity index (χ1) is 8.72. The maximum Gasteiger partial charge on any atom is 0.322 e. The minimum absolute atomic E-state index is 0.0638. The fraction of sp³-hybridized carbons (Fsp3) is 0.750. The van der Waals surface area contributed by atoms with Gasteiger partial charge in [0, 0.05) is 13.1 Å². The second-order valence-electron chi connectivity index (χ2n) is 3.70. The summed E-state index contributed by atoms with van der Waals surface area (Å²) in [6, 6.07) is -0.907. The van der Waals surface area contributed by atoms with Crippen molar-refractivity contribution in [3.8, 4) is 0 Å². The van der Waals surface area contributed by atoms with E-state index < -0.39 is 27.9 Å². The Labute approximate surface area is 111 Å². The molecule has 8 N–H and O–H groups in total. The summed E-state index contributed by atoms with van der Waals surface area (Å²) in [5.74, 6) is -1.67. The highest BCUT2D eigenvalue weighted by Crippen LogP contribution is 1.97. The van der Waals surface area contributed by atoms with Gasteiger partial charge in [-0.15, -0.1) is 0 Å². The molecule has 0 amide bonds. The third-order valence-corrected chi connectivity index (χ3v) is 2.72. The molecule has 0 fully saturated rings. The van der Waals surface area contributed by atoms with Crippen LogP contribution < -0.4 is 22.3 Å². The summed E-state index contributed by atoms with van der Waals surface area (Å²) in [5, 5.41) is 8.89. The van der Waals surface area contributed by atoms with Crippen molar-refractivity contribution in [2.24, 2.45) is 16.5 Å². The van der Waals surface area contributed by atoms with Crippen LogP contribution in [0.5, 0.6) is 0 Å². The molecule has 112 valence electrons. The molecule has 0 saturated heterocycles. The molecule has 0 saturated carbocycles. The van der Waals surface area contributed by atoms with E-state index in [1.807, 2.05) is 0 Å². The lowest BCUT2D eigenvalue weighted by Gasteiger charge is -2.14. The number of hydrogen-bond acceptors (Lipinski definition) is 6. The van der Waals surface area contributed by atoms with Gasteiger partial charge in [0.05, 0.1) is 5.75 Å². The molecule has 0 spiro atoms. The van der Waals surface area contributed by atoms with Crippen LogP contribution in [0.15, 0.2) is 4.99 Å². The summed E-state index contributed by atoms with van der Waals surface area (Å²) in [5.41, 5.74) is 15.1. The number of carboxylic acids is 1. The molecule has 10 nitrogen and oxygen atoms in total. The van der Waals surface area contributed by atoms with Crippen LogP contribution in [0.2, 0.25) is 0 Å². The Morgan fingerprint density at radius 1 is 1.37 bits per heavy atom. The standard InChI is InChI=1S/C8H19N5O5S/c9-8(10)11-3-1-2-6(7(14)15)13-12-4-5-19(16,17)18/h6,12-13H,1-5H2,(H,14,15)(H4,9,10,11)(H,16,17,18)/t6-/m0/s1. The fourth-order valence-electron chi connectivity index (χ4n) is 1.14. The van der Waals surface area contributed by atoms with Crippen molar-refractivity contribution in [1.29, 1.82) is 0 Å². The van der Waals surface area contributed by atoms with Gasteiger partial charge in [0.1, 0.15) is 6.04 Å². The molecule has 11 heteroatoms. The number of carboxylic acid groups (broad SMARTS) is 1. The van der Waals surface area contributed by atoms with E-state index >= 15 is 0 Å². The average Bonchev–Trinajstić information content (AvgIpc) is 2.24. The molecule has 0 aliphatic heterocycles. The molecule has 0 aromatic heterocycles. The second-order valence-corrected chi connectivity index (χ2v) is 5.27. The first-order valence-electron chi connectivity index (χ1n) is 5.44. The highest BCUT2D eigenvalue weighted by atomic mass is 32.2. The molecule has 0 aliphatic carbocycles. The number of hydrazine groups is 1. The monoisotopic (exact) mass is 297 g/mol. The van der Waals surface area contributed by atoms with Gasteiger partial charge in [-0.3, -0.25) is 19.8 Å². The van der Waals surface area contributed by atoms with Crippen molar-refractivity contribution < 1.29 is 22.9 Å². The maximum atomic E-state index is 10.9. The van der Waals surface area contributed by atoms with Gasteiger partial charge in [0.2, 0.25) is 0 Å². The van der Waals surface area contributed by atoms with Crippen molar-refractivity contribution in [2.45, 2.75) is 18.9 Å². The summed E-state index contributed by atoms with van der Waals surface area (Å²) in [6.07, 6.45) is 0.701. The molecule has 0 aromatic rings. The lowest BCUT2D eigenvalue weighted by atomic mass is 10.2. The lowest BCUT2D eigenvalue weighted by molar-refractivity contribution is -0.140. The van der Waals surface area contributed by atoms with E-state index in [1.54, 1.807) is 0 Å². The number of nitrogens with zero attached hydrogens (tertiary/aromatic N) is 1. The van der Waals surface area contributed by atoms with E-state index in [2.05, 4.69) is 15.8 Å². The summed E-state index contributed by atoms with van der Waals surface area (Å²) >= 11 is 0. The molecular weight excluding hydrogens is 278 g/mol. The molecule has 0 bridgehead atoms. The first kappa shape index (κ1) is 17.6. The Bertz CT molecular complexity index is 406.